The maximum absolute atomic E-state index is 14.2. The van der Waals surface area contributed by atoms with Crippen molar-refractivity contribution in [3.05, 3.63) is 137 Å². The number of hydroxylamine groups is 1. The summed E-state index contributed by atoms with van der Waals surface area (Å²) >= 11 is 0. The van der Waals surface area contributed by atoms with Crippen LogP contribution in [-0.2, 0) is 17.2 Å². The van der Waals surface area contributed by atoms with Gasteiger partial charge in [0.05, 0.1) is 5.69 Å². The Morgan fingerprint density at radius 2 is 1.41 bits per heavy atom. The van der Waals surface area contributed by atoms with Gasteiger partial charge in [0.1, 0.15) is 11.5 Å². The molecule has 32 heavy (non-hydrogen) atoms. The zero-order valence-corrected chi connectivity index (χ0v) is 17.4. The van der Waals surface area contributed by atoms with Crippen molar-refractivity contribution >= 4 is 17.1 Å². The molecule has 0 saturated heterocycles. The summed E-state index contributed by atoms with van der Waals surface area (Å²) in [7, 11) is 0. The van der Waals surface area contributed by atoms with E-state index < -0.39 is 11.5 Å². The minimum atomic E-state index is -0.967. The minimum Gasteiger partial charge on any atom is -0.618 e. The van der Waals surface area contributed by atoms with Gasteiger partial charge in [-0.3, -0.25) is 0 Å². The van der Waals surface area contributed by atoms with E-state index in [1.807, 2.05) is 109 Å². The second-order valence-corrected chi connectivity index (χ2v) is 8.43. The average molecular weight is 417 g/mol. The number of hydrogen-bond donors (Lipinski definition) is 0. The molecule has 4 nitrogen and oxygen atoms in total. The van der Waals surface area contributed by atoms with Crippen molar-refractivity contribution < 1.29 is 9.95 Å². The zero-order valence-electron chi connectivity index (χ0n) is 17.4. The highest BCUT2D eigenvalue weighted by Gasteiger charge is 2.59. The first-order valence-electron chi connectivity index (χ1n) is 10.8. The molecule has 2 heterocycles. The lowest BCUT2D eigenvalue weighted by atomic mass is 9.70. The van der Waals surface area contributed by atoms with Crippen LogP contribution < -0.4 is 5.06 Å². The maximum Gasteiger partial charge on any atom is 0.220 e. The molecule has 6 rings (SSSR count). The number of anilines is 1. The number of hydrogen-bond acceptors (Lipinski definition) is 2. The number of nitrogens with zero attached hydrogens (tertiary/aromatic N) is 2. The molecular weight excluding hydrogens is 396 g/mol. The van der Waals surface area contributed by atoms with Crippen LogP contribution in [0.15, 0.2) is 109 Å². The van der Waals surface area contributed by atoms with Gasteiger partial charge in [-0.15, -0.1) is 0 Å². The molecule has 0 fully saturated rings. The summed E-state index contributed by atoms with van der Waals surface area (Å²) in [5.41, 5.74) is 4.56. The molecule has 0 N–H and O–H groups in total. The van der Waals surface area contributed by atoms with E-state index in [1.54, 1.807) is 0 Å². The molecule has 0 aromatic heterocycles. The number of rotatable bonds is 3. The quantitative estimate of drug-likeness (QED) is 0.316. The average Bonchev–Trinajstić information content (AvgIpc) is 3.33. The fourth-order valence-corrected chi connectivity index (χ4v) is 5.45. The largest absolute Gasteiger partial charge is 0.618 e. The molecule has 2 aliphatic rings. The molecule has 1 radical (unpaired) electrons. The van der Waals surface area contributed by atoms with Gasteiger partial charge >= 0.3 is 0 Å². The van der Waals surface area contributed by atoms with E-state index in [9.17, 15) is 10.4 Å². The van der Waals surface area contributed by atoms with Crippen LogP contribution in [0.1, 0.15) is 28.2 Å². The van der Waals surface area contributed by atoms with Gasteiger partial charge in [-0.2, -0.15) is 4.74 Å². The summed E-state index contributed by atoms with van der Waals surface area (Å²) in [6, 6.07) is 35.0. The fourth-order valence-electron chi connectivity index (χ4n) is 5.45. The summed E-state index contributed by atoms with van der Waals surface area (Å²) in [5.74, 6) is -0.425. The molecule has 4 aromatic rings. The van der Waals surface area contributed by atoms with Crippen molar-refractivity contribution in [3.63, 3.8) is 0 Å². The van der Waals surface area contributed by atoms with E-state index in [0.717, 1.165) is 32.1 Å². The molecular formula is C28H21N2O2. The summed E-state index contributed by atoms with van der Waals surface area (Å²) in [5, 5.41) is 29.0. The predicted molar refractivity (Wildman–Crippen MR) is 124 cm³/mol. The smallest absolute Gasteiger partial charge is 0.220 e. The van der Waals surface area contributed by atoms with Crippen molar-refractivity contribution in [2.45, 2.75) is 17.9 Å². The third-order valence-electron chi connectivity index (χ3n) is 6.81. The van der Waals surface area contributed by atoms with E-state index in [0.29, 0.717) is 23.5 Å². The van der Waals surface area contributed by atoms with Crippen molar-refractivity contribution in [1.82, 2.24) is 0 Å². The Morgan fingerprint density at radius 1 is 0.781 bits per heavy atom. The highest BCUT2D eigenvalue weighted by Crippen LogP contribution is 2.56. The molecule has 0 aliphatic carbocycles. The highest BCUT2D eigenvalue weighted by molar-refractivity contribution is 6.06. The van der Waals surface area contributed by atoms with Gasteiger partial charge < -0.3 is 5.21 Å². The van der Waals surface area contributed by atoms with Crippen LogP contribution in [0.5, 0.6) is 0 Å². The normalized spacial score (nSPS) is 21.5. The molecule has 4 heteroatoms. The Labute approximate surface area is 186 Å². The van der Waals surface area contributed by atoms with Crippen molar-refractivity contribution in [2.24, 2.45) is 0 Å². The molecule has 0 saturated carbocycles. The third-order valence-corrected chi connectivity index (χ3v) is 6.81. The minimum absolute atomic E-state index is 0.425. The van der Waals surface area contributed by atoms with Crippen LogP contribution in [-0.4, -0.2) is 10.5 Å². The Morgan fingerprint density at radius 3 is 2.16 bits per heavy atom. The maximum atomic E-state index is 14.2. The number of fused-ring (bicyclic) bond motifs is 2. The molecule has 155 valence electrons. The summed E-state index contributed by atoms with van der Waals surface area (Å²) in [4.78, 5) is 0. The van der Waals surface area contributed by atoms with Gasteiger partial charge in [0.2, 0.25) is 11.4 Å². The monoisotopic (exact) mass is 417 g/mol. The first kappa shape index (κ1) is 18.8. The first-order valence-corrected chi connectivity index (χ1v) is 10.8. The second kappa shape index (κ2) is 7.08. The Hall–Kier alpha value is -3.89. The van der Waals surface area contributed by atoms with Crippen molar-refractivity contribution in [1.29, 1.82) is 0 Å². The van der Waals surface area contributed by atoms with Gasteiger partial charge in [-0.1, -0.05) is 90.1 Å². The van der Waals surface area contributed by atoms with Crippen LogP contribution in [0.4, 0.5) is 11.4 Å². The molecule has 2 aliphatic heterocycles. The fraction of sp³-hybridized carbons (Fsp3) is 0.107. The predicted octanol–water partition coefficient (Wildman–Crippen LogP) is 5.72. The second-order valence-electron chi connectivity index (χ2n) is 8.43. The van der Waals surface area contributed by atoms with Gasteiger partial charge in [0, 0.05) is 23.6 Å². The molecule has 0 amide bonds. The van der Waals surface area contributed by atoms with Gasteiger partial charge in [-0.05, 0) is 29.3 Å². The van der Waals surface area contributed by atoms with Gasteiger partial charge in [0.15, 0.2) is 0 Å². The summed E-state index contributed by atoms with van der Waals surface area (Å²) in [6.07, 6.45) is 0.528. The zero-order chi connectivity index (χ0) is 21.7. The topological polar surface area (TPSA) is 49.2 Å². The summed E-state index contributed by atoms with van der Waals surface area (Å²) in [6.45, 7) is 0. The Kier molecular flexibility index (Phi) is 4.17. The molecule has 0 spiro atoms. The Balaban J connectivity index is 1.67. The lowest BCUT2D eigenvalue weighted by molar-refractivity contribution is -0.357. The molecule has 2 atom stereocenters. The van der Waals surface area contributed by atoms with Crippen molar-refractivity contribution in [2.75, 3.05) is 5.06 Å². The lowest BCUT2D eigenvalue weighted by Crippen LogP contribution is -2.49. The van der Waals surface area contributed by atoms with Gasteiger partial charge in [0.25, 0.3) is 0 Å². The van der Waals surface area contributed by atoms with Crippen LogP contribution in [0.3, 0.4) is 0 Å². The van der Waals surface area contributed by atoms with Gasteiger partial charge in [-0.25, -0.2) is 5.06 Å². The molecule has 4 aromatic carbocycles. The van der Waals surface area contributed by atoms with Crippen LogP contribution in [0.25, 0.3) is 0 Å². The Bertz CT molecular complexity index is 1330. The van der Waals surface area contributed by atoms with E-state index >= 15 is 0 Å². The van der Waals surface area contributed by atoms with E-state index in [4.69, 9.17) is 0 Å². The van der Waals surface area contributed by atoms with Crippen LogP contribution >= 0.6 is 0 Å². The summed E-state index contributed by atoms with van der Waals surface area (Å²) < 4.78 is 1.02. The SMILES string of the molecule is [O]N1c2ccccc2CC1(c1ccccc1)C1C(c2ccccc2)=[N+]([O-])c2ccccc21. The number of para-hydroxylation sites is 2. The van der Waals surface area contributed by atoms with E-state index in [-0.39, 0.29) is 0 Å². The van der Waals surface area contributed by atoms with Crippen molar-refractivity contribution in [3.8, 4) is 0 Å². The third kappa shape index (κ3) is 2.50. The highest BCUT2D eigenvalue weighted by atomic mass is 16.5. The molecule has 0 bridgehead atoms. The van der Waals surface area contributed by atoms with Crippen LogP contribution in [0, 0.1) is 5.21 Å². The van der Waals surface area contributed by atoms with E-state index in [1.165, 1.54) is 0 Å². The number of benzene rings is 4. The standard InChI is InChI=1S/C28H21N2O2/c31-29-25-18-10-8-16-23(25)26(27(29)20-11-3-1-4-12-20)28(22-14-5-2-6-15-22)19-21-13-7-9-17-24(21)30(28)32/h1-18,26H,19H2. The first-order chi connectivity index (χ1) is 15.7. The van der Waals surface area contributed by atoms with E-state index in [2.05, 4.69) is 0 Å². The molecule has 2 unspecified atom stereocenters. The van der Waals surface area contributed by atoms with Crippen LogP contribution in [0.2, 0.25) is 0 Å². The lowest BCUT2D eigenvalue weighted by Gasteiger charge is -2.39.